The molecule has 0 radical (unpaired) electrons. The minimum Gasteiger partial charge on any atom is -0.334 e. The number of rotatable bonds is 4. The summed E-state index contributed by atoms with van der Waals surface area (Å²) in [5.74, 6) is -0.170. The van der Waals surface area contributed by atoms with Crippen molar-refractivity contribution in [3.8, 4) is 0 Å². The Kier molecular flexibility index (Phi) is 5.14. The van der Waals surface area contributed by atoms with E-state index >= 15 is 0 Å². The molecule has 1 amide bonds. The van der Waals surface area contributed by atoms with Gasteiger partial charge in [-0.25, -0.2) is 8.42 Å². The number of amides is 1. The van der Waals surface area contributed by atoms with Crippen molar-refractivity contribution in [2.24, 2.45) is 0 Å². The summed E-state index contributed by atoms with van der Waals surface area (Å²) in [6.07, 6.45) is 0.826. The van der Waals surface area contributed by atoms with Gasteiger partial charge in [-0.2, -0.15) is 0 Å². The van der Waals surface area contributed by atoms with E-state index in [1.165, 1.54) is 23.1 Å². The van der Waals surface area contributed by atoms with Crippen molar-refractivity contribution in [1.29, 1.82) is 0 Å². The van der Waals surface area contributed by atoms with E-state index in [1.807, 2.05) is 11.4 Å². The number of sulfonamides is 1. The Hall–Kier alpha value is -2.35. The minimum atomic E-state index is -3.83. The van der Waals surface area contributed by atoms with Gasteiger partial charge in [-0.3, -0.25) is 9.52 Å². The van der Waals surface area contributed by atoms with Crippen LogP contribution in [0.2, 0.25) is 5.02 Å². The summed E-state index contributed by atoms with van der Waals surface area (Å²) >= 11 is 7.62. The Morgan fingerprint density at radius 2 is 1.93 bits per heavy atom. The fraction of sp³-hybridized carbons (Fsp3) is 0.150. The molecule has 0 unspecified atom stereocenters. The molecule has 2 aromatic carbocycles. The highest BCUT2D eigenvalue weighted by atomic mass is 35.5. The zero-order valence-corrected chi connectivity index (χ0v) is 17.2. The zero-order valence-electron chi connectivity index (χ0n) is 14.8. The number of nitrogens with zero attached hydrogens (tertiary/aromatic N) is 1. The second-order valence-electron chi connectivity index (χ2n) is 6.49. The van der Waals surface area contributed by atoms with Crippen LogP contribution in [-0.2, 0) is 23.0 Å². The quantitative estimate of drug-likeness (QED) is 0.664. The Balaban J connectivity index is 1.56. The molecule has 4 rings (SSSR count). The van der Waals surface area contributed by atoms with Gasteiger partial charge in [0.25, 0.3) is 15.9 Å². The third-order valence-corrected chi connectivity index (χ3v) is 7.20. The van der Waals surface area contributed by atoms with Crippen molar-refractivity contribution < 1.29 is 13.2 Å². The number of carbonyl (C=O) groups excluding carboxylic acids is 1. The third kappa shape index (κ3) is 3.92. The molecule has 0 spiro atoms. The van der Waals surface area contributed by atoms with Gasteiger partial charge in [-0.1, -0.05) is 23.7 Å². The summed E-state index contributed by atoms with van der Waals surface area (Å²) in [6.45, 7) is 1.18. The van der Waals surface area contributed by atoms with Gasteiger partial charge in [0.15, 0.2) is 0 Å². The molecule has 1 aliphatic rings. The number of nitrogens with one attached hydrogen (secondary N) is 1. The lowest BCUT2D eigenvalue weighted by molar-refractivity contribution is 0.0735. The molecule has 1 N–H and O–H groups in total. The highest BCUT2D eigenvalue weighted by Crippen LogP contribution is 2.26. The van der Waals surface area contributed by atoms with Gasteiger partial charge in [0.05, 0.1) is 10.6 Å². The fourth-order valence-electron chi connectivity index (χ4n) is 3.17. The molecule has 0 saturated heterocycles. The van der Waals surface area contributed by atoms with E-state index in [0.29, 0.717) is 29.4 Å². The molecule has 5 nitrogen and oxygen atoms in total. The highest BCUT2D eigenvalue weighted by Gasteiger charge is 2.24. The van der Waals surface area contributed by atoms with Gasteiger partial charge in [0, 0.05) is 28.6 Å². The summed E-state index contributed by atoms with van der Waals surface area (Å²) < 4.78 is 27.9. The standard InChI is InChI=1S/C20H17ClN2O3S2/c21-16-4-2-5-17(12-16)22-28(25,26)18-6-1-3-14(11-18)20(24)23-9-7-19-15(13-23)8-10-27-19/h1-6,8,10-12,22H,7,9,13H2. The lowest BCUT2D eigenvalue weighted by Crippen LogP contribution is -2.35. The summed E-state index contributed by atoms with van der Waals surface area (Å²) in [5.41, 5.74) is 1.88. The van der Waals surface area contributed by atoms with Crippen LogP contribution in [0.25, 0.3) is 0 Å². The minimum absolute atomic E-state index is 0.0338. The molecule has 0 fully saturated rings. The average Bonchev–Trinajstić information content (AvgIpc) is 3.15. The number of hydrogen-bond acceptors (Lipinski definition) is 4. The van der Waals surface area contributed by atoms with Crippen LogP contribution in [0.1, 0.15) is 20.8 Å². The first-order chi connectivity index (χ1) is 13.4. The fourth-order valence-corrected chi connectivity index (χ4v) is 5.34. The first kappa shape index (κ1) is 19.0. The van der Waals surface area contributed by atoms with Crippen LogP contribution >= 0.6 is 22.9 Å². The molecule has 1 aliphatic heterocycles. The van der Waals surface area contributed by atoms with Crippen LogP contribution < -0.4 is 4.72 Å². The maximum absolute atomic E-state index is 12.9. The Morgan fingerprint density at radius 3 is 2.75 bits per heavy atom. The number of benzene rings is 2. The number of halogens is 1. The second kappa shape index (κ2) is 7.58. The molecule has 28 heavy (non-hydrogen) atoms. The zero-order chi connectivity index (χ0) is 19.7. The predicted octanol–water partition coefficient (Wildman–Crippen LogP) is 4.40. The van der Waals surface area contributed by atoms with Crippen molar-refractivity contribution in [2.75, 3.05) is 11.3 Å². The maximum atomic E-state index is 12.9. The van der Waals surface area contributed by atoms with Crippen LogP contribution in [0, 0.1) is 0 Å². The van der Waals surface area contributed by atoms with Gasteiger partial charge < -0.3 is 4.90 Å². The molecule has 0 atom stereocenters. The molecule has 1 aromatic heterocycles. The van der Waals surface area contributed by atoms with E-state index in [4.69, 9.17) is 11.6 Å². The van der Waals surface area contributed by atoms with Crippen LogP contribution in [0.4, 0.5) is 5.69 Å². The van der Waals surface area contributed by atoms with Crippen molar-refractivity contribution in [2.45, 2.75) is 17.9 Å². The molecule has 0 bridgehead atoms. The van der Waals surface area contributed by atoms with Crippen LogP contribution in [-0.4, -0.2) is 25.8 Å². The molecule has 3 aromatic rings. The summed E-state index contributed by atoms with van der Waals surface area (Å²) in [5, 5.41) is 2.47. The lowest BCUT2D eigenvalue weighted by atomic mass is 10.1. The topological polar surface area (TPSA) is 66.5 Å². The van der Waals surface area contributed by atoms with E-state index in [-0.39, 0.29) is 10.8 Å². The molecular weight excluding hydrogens is 416 g/mol. The predicted molar refractivity (Wildman–Crippen MR) is 111 cm³/mol. The van der Waals surface area contributed by atoms with Gasteiger partial charge in [0.2, 0.25) is 0 Å². The van der Waals surface area contributed by atoms with Crippen molar-refractivity contribution in [3.63, 3.8) is 0 Å². The highest BCUT2D eigenvalue weighted by molar-refractivity contribution is 7.92. The number of thiophene rings is 1. The maximum Gasteiger partial charge on any atom is 0.261 e. The average molecular weight is 433 g/mol. The van der Waals surface area contributed by atoms with Gasteiger partial charge in [0.1, 0.15) is 0 Å². The van der Waals surface area contributed by atoms with Gasteiger partial charge in [-0.05, 0) is 59.8 Å². The SMILES string of the molecule is O=C(c1cccc(S(=O)(=O)Nc2cccc(Cl)c2)c1)N1CCc2sccc2C1. The Bertz CT molecular complexity index is 1140. The molecule has 0 saturated carbocycles. The monoisotopic (exact) mass is 432 g/mol. The first-order valence-electron chi connectivity index (χ1n) is 8.65. The van der Waals surface area contributed by atoms with E-state index in [2.05, 4.69) is 4.72 Å². The summed E-state index contributed by atoms with van der Waals surface area (Å²) in [7, 11) is -3.83. The van der Waals surface area contributed by atoms with Crippen LogP contribution in [0.3, 0.4) is 0 Å². The molecule has 8 heteroatoms. The number of fused-ring (bicyclic) bond motifs is 1. The van der Waals surface area contributed by atoms with E-state index in [9.17, 15) is 13.2 Å². The molecular formula is C20H17ClN2O3S2. The molecule has 2 heterocycles. The molecule has 144 valence electrons. The number of hydrogen-bond donors (Lipinski definition) is 1. The van der Waals surface area contributed by atoms with Gasteiger partial charge >= 0.3 is 0 Å². The summed E-state index contributed by atoms with van der Waals surface area (Å²) in [4.78, 5) is 16.0. The van der Waals surface area contributed by atoms with Gasteiger partial charge in [-0.15, -0.1) is 11.3 Å². The van der Waals surface area contributed by atoms with E-state index in [1.54, 1.807) is 46.6 Å². The van der Waals surface area contributed by atoms with Crippen molar-refractivity contribution in [3.05, 3.63) is 81.0 Å². The number of anilines is 1. The van der Waals surface area contributed by atoms with E-state index < -0.39 is 10.0 Å². The Morgan fingerprint density at radius 1 is 1.11 bits per heavy atom. The van der Waals surface area contributed by atoms with Crippen molar-refractivity contribution in [1.82, 2.24) is 4.90 Å². The van der Waals surface area contributed by atoms with E-state index in [0.717, 1.165) is 12.0 Å². The first-order valence-corrected chi connectivity index (χ1v) is 11.4. The second-order valence-corrected chi connectivity index (χ2v) is 9.61. The Labute approximate surface area is 172 Å². The third-order valence-electron chi connectivity index (χ3n) is 4.56. The lowest BCUT2D eigenvalue weighted by Gasteiger charge is -2.27. The van der Waals surface area contributed by atoms with Crippen LogP contribution in [0.5, 0.6) is 0 Å². The van der Waals surface area contributed by atoms with Crippen molar-refractivity contribution >= 4 is 44.6 Å². The summed E-state index contributed by atoms with van der Waals surface area (Å²) in [6, 6.07) is 14.6. The molecule has 0 aliphatic carbocycles. The largest absolute Gasteiger partial charge is 0.334 e. The smallest absolute Gasteiger partial charge is 0.261 e. The van der Waals surface area contributed by atoms with Crippen LogP contribution in [0.15, 0.2) is 64.9 Å². The number of carbonyl (C=O) groups is 1. The normalized spacial score (nSPS) is 13.8.